The fraction of sp³-hybridized carbons (Fsp3) is 0.409. The van der Waals surface area contributed by atoms with E-state index in [1.807, 2.05) is 55.1 Å². The molecule has 0 aromatic heterocycles. The lowest BCUT2D eigenvalue weighted by atomic mass is 10.1. The van der Waals surface area contributed by atoms with Crippen LogP contribution in [0.1, 0.15) is 36.5 Å². The molecule has 0 unspecified atom stereocenters. The normalized spacial score (nSPS) is 16.1. The minimum absolute atomic E-state index is 0.0475. The molecule has 0 N–H and O–H groups in total. The van der Waals surface area contributed by atoms with Gasteiger partial charge >= 0.3 is 0 Å². The van der Waals surface area contributed by atoms with Crippen molar-refractivity contribution in [3.63, 3.8) is 0 Å². The summed E-state index contributed by atoms with van der Waals surface area (Å²) >= 11 is 0. The molecule has 5 nitrogen and oxygen atoms in total. The Kier molecular flexibility index (Phi) is 5.79. The van der Waals surface area contributed by atoms with Crippen molar-refractivity contribution in [2.24, 2.45) is 0 Å². The van der Waals surface area contributed by atoms with Gasteiger partial charge in [0.1, 0.15) is 0 Å². The number of carbonyl (C=O) groups is 1. The third-order valence-electron chi connectivity index (χ3n) is 5.12. The summed E-state index contributed by atoms with van der Waals surface area (Å²) in [4.78, 5) is 14.7. The summed E-state index contributed by atoms with van der Waals surface area (Å²) in [6, 6.07) is 13.9. The molecule has 28 heavy (non-hydrogen) atoms. The van der Waals surface area contributed by atoms with Crippen LogP contribution in [-0.4, -0.2) is 33.2 Å². The van der Waals surface area contributed by atoms with E-state index in [0.717, 1.165) is 23.2 Å². The van der Waals surface area contributed by atoms with Crippen molar-refractivity contribution in [2.45, 2.75) is 46.1 Å². The molecule has 1 aliphatic rings. The highest BCUT2D eigenvalue weighted by Crippen LogP contribution is 2.32. The van der Waals surface area contributed by atoms with Gasteiger partial charge in [-0.25, -0.2) is 8.42 Å². The molecule has 0 bridgehead atoms. The number of amides is 1. The highest BCUT2D eigenvalue weighted by atomic mass is 32.2. The van der Waals surface area contributed by atoms with Crippen LogP contribution in [0.2, 0.25) is 0 Å². The molecule has 2 aromatic rings. The molecule has 0 spiro atoms. The SMILES string of the molecule is Cc1cc(C)cc(N(CCCC(=O)N2c3ccccc3C[C@@H]2C)S(C)(=O)=O)c1. The number of carbonyl (C=O) groups excluding carboxylic acids is 1. The number of benzene rings is 2. The van der Waals surface area contributed by atoms with Crippen molar-refractivity contribution in [3.05, 3.63) is 59.2 Å². The summed E-state index contributed by atoms with van der Waals surface area (Å²) in [6.07, 6.45) is 2.87. The smallest absolute Gasteiger partial charge is 0.232 e. The van der Waals surface area contributed by atoms with Crippen molar-refractivity contribution >= 4 is 27.3 Å². The second-order valence-corrected chi connectivity index (χ2v) is 9.64. The summed E-state index contributed by atoms with van der Waals surface area (Å²) < 4.78 is 26.1. The van der Waals surface area contributed by atoms with Crippen molar-refractivity contribution in [3.8, 4) is 0 Å². The minimum Gasteiger partial charge on any atom is -0.309 e. The fourth-order valence-electron chi connectivity index (χ4n) is 4.02. The van der Waals surface area contributed by atoms with Gasteiger partial charge in [0.2, 0.25) is 15.9 Å². The van der Waals surface area contributed by atoms with E-state index in [4.69, 9.17) is 0 Å². The van der Waals surface area contributed by atoms with Gasteiger partial charge < -0.3 is 4.90 Å². The fourth-order valence-corrected chi connectivity index (χ4v) is 4.97. The maximum Gasteiger partial charge on any atom is 0.232 e. The third-order valence-corrected chi connectivity index (χ3v) is 6.32. The van der Waals surface area contributed by atoms with E-state index >= 15 is 0 Å². The Morgan fingerprint density at radius 3 is 2.43 bits per heavy atom. The summed E-state index contributed by atoms with van der Waals surface area (Å²) in [5.41, 5.74) is 4.86. The summed E-state index contributed by atoms with van der Waals surface area (Å²) in [7, 11) is -3.42. The van der Waals surface area contributed by atoms with E-state index in [-0.39, 0.29) is 18.5 Å². The van der Waals surface area contributed by atoms with Crippen LogP contribution in [0.4, 0.5) is 11.4 Å². The summed E-state index contributed by atoms with van der Waals surface area (Å²) in [5, 5.41) is 0. The second-order valence-electron chi connectivity index (χ2n) is 7.73. The van der Waals surface area contributed by atoms with Crippen LogP contribution >= 0.6 is 0 Å². The number of hydrogen-bond donors (Lipinski definition) is 0. The van der Waals surface area contributed by atoms with Gasteiger partial charge in [0, 0.05) is 24.7 Å². The largest absolute Gasteiger partial charge is 0.309 e. The van der Waals surface area contributed by atoms with Crippen LogP contribution < -0.4 is 9.21 Å². The molecule has 0 saturated carbocycles. The molecule has 150 valence electrons. The first-order chi connectivity index (χ1) is 13.2. The van der Waals surface area contributed by atoms with Gasteiger partial charge in [0.15, 0.2) is 0 Å². The monoisotopic (exact) mass is 400 g/mol. The maximum atomic E-state index is 12.9. The predicted molar refractivity (Wildman–Crippen MR) is 114 cm³/mol. The van der Waals surface area contributed by atoms with Gasteiger partial charge in [-0.3, -0.25) is 9.10 Å². The van der Waals surface area contributed by atoms with Crippen LogP contribution in [-0.2, 0) is 21.2 Å². The van der Waals surface area contributed by atoms with Gasteiger partial charge in [-0.05, 0) is 68.5 Å². The Hall–Kier alpha value is -2.34. The number of rotatable bonds is 6. The molecule has 0 aliphatic carbocycles. The first kappa shape index (κ1) is 20.4. The van der Waals surface area contributed by atoms with E-state index in [1.54, 1.807) is 0 Å². The minimum atomic E-state index is -3.42. The summed E-state index contributed by atoms with van der Waals surface area (Å²) in [5.74, 6) is 0.0475. The number of aryl methyl sites for hydroxylation is 2. The standard InChI is InChI=1S/C22H28N2O3S/c1-16-12-17(2)14-20(13-16)23(28(4,26)27)11-7-10-22(25)24-18(3)15-19-8-5-6-9-21(19)24/h5-6,8-9,12-14,18H,7,10-11,15H2,1-4H3/t18-/m0/s1. The zero-order valence-electron chi connectivity index (χ0n) is 17.0. The van der Waals surface area contributed by atoms with Crippen molar-refractivity contribution in [1.29, 1.82) is 0 Å². The molecule has 6 heteroatoms. The van der Waals surface area contributed by atoms with Crippen molar-refractivity contribution in [2.75, 3.05) is 22.0 Å². The topological polar surface area (TPSA) is 57.7 Å². The molecule has 2 aromatic carbocycles. The molecule has 1 amide bonds. The molecule has 3 rings (SSSR count). The number of hydrogen-bond acceptors (Lipinski definition) is 3. The number of sulfonamides is 1. The Balaban J connectivity index is 1.70. The maximum absolute atomic E-state index is 12.9. The Labute approximate surface area is 168 Å². The lowest BCUT2D eigenvalue weighted by molar-refractivity contribution is -0.118. The number of anilines is 2. The van der Waals surface area contributed by atoms with E-state index in [0.29, 0.717) is 18.5 Å². The quantitative estimate of drug-likeness (QED) is 0.740. The third kappa shape index (κ3) is 4.38. The molecule has 1 atom stereocenters. The molecule has 0 radical (unpaired) electrons. The molecule has 0 saturated heterocycles. The average molecular weight is 401 g/mol. The van der Waals surface area contributed by atoms with Crippen molar-refractivity contribution in [1.82, 2.24) is 0 Å². The number of nitrogens with zero attached hydrogens (tertiary/aromatic N) is 2. The Morgan fingerprint density at radius 1 is 1.14 bits per heavy atom. The first-order valence-electron chi connectivity index (χ1n) is 9.63. The van der Waals surface area contributed by atoms with Gasteiger partial charge in [0.05, 0.1) is 11.9 Å². The second kappa shape index (κ2) is 7.95. The highest BCUT2D eigenvalue weighted by molar-refractivity contribution is 7.92. The van der Waals surface area contributed by atoms with E-state index < -0.39 is 10.0 Å². The summed E-state index contributed by atoms with van der Waals surface area (Å²) in [6.45, 7) is 6.24. The lowest BCUT2D eigenvalue weighted by Crippen LogP contribution is -2.37. The van der Waals surface area contributed by atoms with Crippen LogP contribution in [0.5, 0.6) is 0 Å². The molecule has 1 heterocycles. The Bertz CT molecular complexity index is 965. The Morgan fingerprint density at radius 2 is 1.79 bits per heavy atom. The van der Waals surface area contributed by atoms with E-state index in [2.05, 4.69) is 13.0 Å². The predicted octanol–water partition coefficient (Wildman–Crippen LogP) is 3.83. The van der Waals surface area contributed by atoms with E-state index in [9.17, 15) is 13.2 Å². The van der Waals surface area contributed by atoms with Crippen molar-refractivity contribution < 1.29 is 13.2 Å². The lowest BCUT2D eigenvalue weighted by Gasteiger charge is -2.25. The number of fused-ring (bicyclic) bond motifs is 1. The zero-order chi connectivity index (χ0) is 20.5. The van der Waals surface area contributed by atoms with Gasteiger partial charge in [0.25, 0.3) is 0 Å². The first-order valence-corrected chi connectivity index (χ1v) is 11.5. The van der Waals surface area contributed by atoms with Crippen LogP contribution in [0.3, 0.4) is 0 Å². The number of para-hydroxylation sites is 1. The van der Waals surface area contributed by atoms with Crippen LogP contribution in [0.15, 0.2) is 42.5 Å². The van der Waals surface area contributed by atoms with E-state index in [1.165, 1.54) is 16.1 Å². The molecule has 1 aliphatic heterocycles. The average Bonchev–Trinajstić information content (AvgIpc) is 2.92. The highest BCUT2D eigenvalue weighted by Gasteiger charge is 2.30. The molecular weight excluding hydrogens is 372 g/mol. The van der Waals surface area contributed by atoms with Gasteiger partial charge in [-0.15, -0.1) is 0 Å². The van der Waals surface area contributed by atoms with Crippen LogP contribution in [0, 0.1) is 13.8 Å². The van der Waals surface area contributed by atoms with Gasteiger partial charge in [-0.2, -0.15) is 0 Å². The van der Waals surface area contributed by atoms with Gasteiger partial charge in [-0.1, -0.05) is 24.3 Å². The molecular formula is C22H28N2O3S. The zero-order valence-corrected chi connectivity index (χ0v) is 17.8. The molecule has 0 fully saturated rings. The van der Waals surface area contributed by atoms with Crippen LogP contribution in [0.25, 0.3) is 0 Å².